The van der Waals surface area contributed by atoms with Gasteiger partial charge in [0.2, 0.25) is 0 Å². The quantitative estimate of drug-likeness (QED) is 0.772. The lowest BCUT2D eigenvalue weighted by atomic mass is 10.1. The molecule has 3 rings (SSSR count). The number of hydrogen-bond acceptors (Lipinski definition) is 2. The molecule has 1 fully saturated rings. The Morgan fingerprint density at radius 3 is 2.14 bits per heavy atom. The number of rotatable bonds is 6. The van der Waals surface area contributed by atoms with Crippen molar-refractivity contribution in [1.29, 1.82) is 0 Å². The van der Waals surface area contributed by atoms with Gasteiger partial charge in [0.15, 0.2) is 0 Å². The number of hydrogen-bond donors (Lipinski definition) is 0. The van der Waals surface area contributed by atoms with Crippen molar-refractivity contribution in [2.45, 2.75) is 31.7 Å². The van der Waals surface area contributed by atoms with Gasteiger partial charge in [-0.1, -0.05) is 49.2 Å². The number of para-hydroxylation sites is 2. The lowest BCUT2D eigenvalue weighted by molar-refractivity contribution is 0.318. The molecule has 0 spiro atoms. The Kier molecular flexibility index (Phi) is 4.78. The molecule has 2 aromatic carbocycles. The van der Waals surface area contributed by atoms with Gasteiger partial charge in [-0.2, -0.15) is 0 Å². The highest BCUT2D eigenvalue weighted by atomic mass is 16.5. The van der Waals surface area contributed by atoms with Gasteiger partial charge >= 0.3 is 0 Å². The van der Waals surface area contributed by atoms with Crippen LogP contribution in [-0.4, -0.2) is 19.2 Å². The monoisotopic (exact) mass is 281 g/mol. The van der Waals surface area contributed by atoms with Crippen LogP contribution in [0.2, 0.25) is 0 Å². The van der Waals surface area contributed by atoms with Crippen molar-refractivity contribution in [3.8, 4) is 5.75 Å². The molecule has 2 aromatic rings. The fourth-order valence-corrected chi connectivity index (χ4v) is 3.14. The van der Waals surface area contributed by atoms with Crippen LogP contribution in [0.4, 0.5) is 5.69 Å². The molecule has 0 atom stereocenters. The summed E-state index contributed by atoms with van der Waals surface area (Å²) in [5, 5.41) is 0. The molecule has 0 aromatic heterocycles. The first kappa shape index (κ1) is 14.0. The molecule has 21 heavy (non-hydrogen) atoms. The predicted molar refractivity (Wildman–Crippen MR) is 88.0 cm³/mol. The van der Waals surface area contributed by atoms with E-state index >= 15 is 0 Å². The second-order valence-electron chi connectivity index (χ2n) is 5.63. The summed E-state index contributed by atoms with van der Waals surface area (Å²) in [7, 11) is 0. The molecule has 0 unspecified atom stereocenters. The third-order valence-electron chi connectivity index (χ3n) is 4.20. The fraction of sp³-hybridized carbons (Fsp3) is 0.368. The van der Waals surface area contributed by atoms with Gasteiger partial charge in [0.05, 0.1) is 6.54 Å². The van der Waals surface area contributed by atoms with Crippen LogP contribution in [0, 0.1) is 0 Å². The van der Waals surface area contributed by atoms with Crippen molar-refractivity contribution < 1.29 is 4.74 Å². The summed E-state index contributed by atoms with van der Waals surface area (Å²) in [5.41, 5.74) is 1.32. The van der Waals surface area contributed by atoms with E-state index < -0.39 is 0 Å². The Balaban J connectivity index is 1.62. The summed E-state index contributed by atoms with van der Waals surface area (Å²) in [6.07, 6.45) is 5.32. The van der Waals surface area contributed by atoms with E-state index in [0.717, 1.165) is 18.9 Å². The highest BCUT2D eigenvalue weighted by Gasteiger charge is 2.22. The van der Waals surface area contributed by atoms with Gasteiger partial charge in [-0.25, -0.2) is 0 Å². The van der Waals surface area contributed by atoms with Crippen molar-refractivity contribution in [1.82, 2.24) is 0 Å². The first-order chi connectivity index (χ1) is 10.4. The second kappa shape index (κ2) is 7.16. The van der Waals surface area contributed by atoms with Gasteiger partial charge in [0.25, 0.3) is 0 Å². The van der Waals surface area contributed by atoms with E-state index in [1.165, 1.54) is 31.4 Å². The van der Waals surface area contributed by atoms with Crippen LogP contribution in [0.15, 0.2) is 60.7 Å². The van der Waals surface area contributed by atoms with Gasteiger partial charge in [-0.3, -0.25) is 0 Å². The average molecular weight is 281 g/mol. The zero-order valence-electron chi connectivity index (χ0n) is 12.4. The first-order valence-corrected chi connectivity index (χ1v) is 7.93. The molecule has 2 heteroatoms. The van der Waals surface area contributed by atoms with Crippen LogP contribution in [-0.2, 0) is 0 Å². The zero-order valence-corrected chi connectivity index (χ0v) is 12.4. The largest absolute Gasteiger partial charge is 0.492 e. The van der Waals surface area contributed by atoms with Crippen LogP contribution in [0.3, 0.4) is 0 Å². The van der Waals surface area contributed by atoms with Crippen molar-refractivity contribution in [2.24, 2.45) is 0 Å². The van der Waals surface area contributed by atoms with Crippen LogP contribution < -0.4 is 9.64 Å². The third kappa shape index (κ3) is 3.78. The Bertz CT molecular complexity index is 520. The summed E-state index contributed by atoms with van der Waals surface area (Å²) in [6.45, 7) is 1.68. The normalized spacial score (nSPS) is 15.0. The fourth-order valence-electron chi connectivity index (χ4n) is 3.14. The summed E-state index contributed by atoms with van der Waals surface area (Å²) in [6, 6.07) is 21.5. The van der Waals surface area contributed by atoms with Gasteiger partial charge in [-0.15, -0.1) is 0 Å². The zero-order chi connectivity index (χ0) is 14.3. The molecule has 1 aliphatic carbocycles. The van der Waals surface area contributed by atoms with Crippen LogP contribution in [0.25, 0.3) is 0 Å². The highest BCUT2D eigenvalue weighted by molar-refractivity contribution is 5.47. The lowest BCUT2D eigenvalue weighted by Crippen LogP contribution is -2.36. The Hall–Kier alpha value is -1.96. The first-order valence-electron chi connectivity index (χ1n) is 7.93. The minimum absolute atomic E-state index is 0.673. The van der Waals surface area contributed by atoms with Crippen LogP contribution >= 0.6 is 0 Å². The van der Waals surface area contributed by atoms with Crippen molar-refractivity contribution in [3.63, 3.8) is 0 Å². The molecule has 0 aliphatic heterocycles. The van der Waals surface area contributed by atoms with E-state index in [1.807, 2.05) is 30.3 Å². The van der Waals surface area contributed by atoms with Crippen LogP contribution in [0.1, 0.15) is 25.7 Å². The molecule has 0 N–H and O–H groups in total. The summed E-state index contributed by atoms with van der Waals surface area (Å²) in [5.74, 6) is 0.955. The van der Waals surface area contributed by atoms with Gasteiger partial charge < -0.3 is 9.64 Å². The van der Waals surface area contributed by atoms with E-state index in [4.69, 9.17) is 4.74 Å². The molecule has 0 heterocycles. The SMILES string of the molecule is c1ccc(OCCN(c2ccccc2)C2CCCC2)cc1. The molecule has 1 aliphatic rings. The Labute approximate surface area is 127 Å². The molecule has 0 bridgehead atoms. The third-order valence-corrected chi connectivity index (χ3v) is 4.20. The molecule has 1 saturated carbocycles. The maximum Gasteiger partial charge on any atom is 0.119 e. The number of anilines is 1. The second-order valence-corrected chi connectivity index (χ2v) is 5.63. The number of benzene rings is 2. The molecule has 110 valence electrons. The lowest BCUT2D eigenvalue weighted by Gasteiger charge is -2.31. The molecule has 0 radical (unpaired) electrons. The van der Waals surface area contributed by atoms with E-state index in [2.05, 4.69) is 35.2 Å². The highest BCUT2D eigenvalue weighted by Crippen LogP contribution is 2.27. The van der Waals surface area contributed by atoms with E-state index in [1.54, 1.807) is 0 Å². The standard InChI is InChI=1S/C19H23NO/c1-3-9-17(10-4-1)20(18-11-7-8-12-18)15-16-21-19-13-5-2-6-14-19/h1-6,9-10,13-14,18H,7-8,11-12,15-16H2. The predicted octanol–water partition coefficient (Wildman–Crippen LogP) is 4.51. The van der Waals surface area contributed by atoms with E-state index in [9.17, 15) is 0 Å². The van der Waals surface area contributed by atoms with Gasteiger partial charge in [0, 0.05) is 11.7 Å². The maximum atomic E-state index is 5.88. The molecular formula is C19H23NO. The van der Waals surface area contributed by atoms with Crippen molar-refractivity contribution in [2.75, 3.05) is 18.1 Å². The van der Waals surface area contributed by atoms with E-state index in [0.29, 0.717) is 6.04 Å². The number of nitrogens with zero attached hydrogens (tertiary/aromatic N) is 1. The Morgan fingerprint density at radius 2 is 1.48 bits per heavy atom. The van der Waals surface area contributed by atoms with E-state index in [-0.39, 0.29) is 0 Å². The summed E-state index contributed by atoms with van der Waals surface area (Å²) >= 11 is 0. The molecule has 0 saturated heterocycles. The number of ether oxygens (including phenoxy) is 1. The topological polar surface area (TPSA) is 12.5 Å². The smallest absolute Gasteiger partial charge is 0.119 e. The van der Waals surface area contributed by atoms with Crippen molar-refractivity contribution >= 4 is 5.69 Å². The van der Waals surface area contributed by atoms with Gasteiger partial charge in [0.1, 0.15) is 12.4 Å². The molecular weight excluding hydrogens is 258 g/mol. The minimum Gasteiger partial charge on any atom is -0.492 e. The van der Waals surface area contributed by atoms with Crippen LogP contribution in [0.5, 0.6) is 5.75 Å². The van der Waals surface area contributed by atoms with Gasteiger partial charge in [-0.05, 0) is 37.1 Å². The van der Waals surface area contributed by atoms with Crippen molar-refractivity contribution in [3.05, 3.63) is 60.7 Å². The average Bonchev–Trinajstić information content (AvgIpc) is 3.07. The Morgan fingerprint density at radius 1 is 0.857 bits per heavy atom. The summed E-state index contributed by atoms with van der Waals surface area (Å²) in [4.78, 5) is 2.52. The molecule has 2 nitrogen and oxygen atoms in total. The minimum atomic E-state index is 0.673. The maximum absolute atomic E-state index is 5.88. The summed E-state index contributed by atoms with van der Waals surface area (Å²) < 4.78 is 5.88. The molecule has 0 amide bonds.